The molecule has 2 radical (unpaired) electrons. The van der Waals surface area contributed by atoms with Gasteiger partial charge in [-0.15, -0.1) is 0 Å². The normalized spacial score (nSPS) is 42.7. The molecule has 5 saturated carbocycles. The summed E-state index contributed by atoms with van der Waals surface area (Å²) in [5.74, 6) is -2.13. The smallest absolute Gasteiger partial charge is 0.337 e. The van der Waals surface area contributed by atoms with Crippen LogP contribution in [0.2, 0.25) is 0 Å². The van der Waals surface area contributed by atoms with Crippen LogP contribution in [0.5, 0.6) is 0 Å². The summed E-state index contributed by atoms with van der Waals surface area (Å²) in [6.45, 7) is 11.5. The SMILES string of the molecule is C.C.CC1=CC2C(=O)O[C@@H]3CCC(C1)[C@]23O.C[C@@H]1C=C2C(=O)O[C@@H]3CCC(C1)[C@]23O.Cc1ccc(S(=O)(=O)N2[C@H]3[C@@H]4C(=O)O[C@@H]5CC[C@H](C[C@]32C)[C@@]54O)cc1.Cc1ccc(S(=O)(=O)N[C@@]2(C)C=C3C(=O)O[C@@H]4CCC(C2)[C@]34O)cc1.[2H][B].[U]. The van der Waals surface area contributed by atoms with Gasteiger partial charge in [0.1, 0.15) is 58.7 Å². The first kappa shape index (κ1) is 62.8. The van der Waals surface area contributed by atoms with Crippen LogP contribution in [0.25, 0.3) is 0 Å². The van der Waals surface area contributed by atoms with Crippen molar-refractivity contribution in [1.82, 2.24) is 9.03 Å². The molecule has 18 nitrogen and oxygen atoms in total. The van der Waals surface area contributed by atoms with Crippen molar-refractivity contribution in [1.29, 1.82) is 1.34 Å². The number of carbonyl (C=O) groups excluding carboxylic acids is 4. The Hall–Kier alpha value is -3.68. The van der Waals surface area contributed by atoms with E-state index in [4.69, 9.17) is 20.3 Å². The van der Waals surface area contributed by atoms with E-state index in [0.717, 1.165) is 56.1 Å². The van der Waals surface area contributed by atoms with Crippen molar-refractivity contribution in [2.24, 2.45) is 41.4 Å². The zero-order valence-corrected chi connectivity index (χ0v) is 51.6. The predicted molar refractivity (Wildman–Crippen MR) is 298 cm³/mol. The zero-order chi connectivity index (χ0) is 57.7. The Labute approximate surface area is 509 Å². The van der Waals surface area contributed by atoms with E-state index in [-0.39, 0.29) is 109 Å². The first-order valence-electron chi connectivity index (χ1n) is 28.2. The number of carbonyl (C=O) groups is 4. The Morgan fingerprint density at radius 2 is 1.12 bits per heavy atom. The summed E-state index contributed by atoms with van der Waals surface area (Å²) in [6.07, 6.45) is 13.1. The number of hydrogen-bond donors (Lipinski definition) is 5. The van der Waals surface area contributed by atoms with Crippen LogP contribution in [0, 0.1) is 86.4 Å². The van der Waals surface area contributed by atoms with Crippen molar-refractivity contribution in [3.8, 4) is 0 Å². The van der Waals surface area contributed by atoms with Crippen LogP contribution in [0.3, 0.4) is 0 Å². The third-order valence-electron chi connectivity index (χ3n) is 20.3. The molecule has 82 heavy (non-hydrogen) atoms. The molecule has 22 heteroatoms. The van der Waals surface area contributed by atoms with Gasteiger partial charge in [0.05, 0.1) is 32.5 Å². The monoisotopic (exact) mass is 1400 g/mol. The van der Waals surface area contributed by atoms with Gasteiger partial charge in [0.25, 0.3) is 0 Å². The molecule has 5 unspecified atom stereocenters. The Morgan fingerprint density at radius 3 is 1.73 bits per heavy atom. The van der Waals surface area contributed by atoms with E-state index < -0.39 is 95.6 Å². The molecule has 0 bridgehead atoms. The molecule has 2 aromatic rings. The minimum absolute atomic E-state index is 0. The number of nitrogens with zero attached hydrogens (tertiary/aromatic N) is 1. The van der Waals surface area contributed by atoms with Gasteiger partial charge in [-0.3, -0.25) is 9.59 Å². The fraction of sp³-hybridized carbons (Fsp3) is 0.633. The van der Waals surface area contributed by atoms with Crippen LogP contribution in [0.4, 0.5) is 0 Å². The molecule has 0 spiro atoms. The van der Waals surface area contributed by atoms with Gasteiger partial charge in [-0.05, 0) is 167 Å². The van der Waals surface area contributed by atoms with Gasteiger partial charge < -0.3 is 39.4 Å². The van der Waals surface area contributed by atoms with Gasteiger partial charge in [0.15, 0.2) is 0 Å². The molecule has 8 aliphatic carbocycles. The number of benzene rings is 2. The van der Waals surface area contributed by atoms with Gasteiger partial charge in [-0.1, -0.05) is 81.0 Å². The van der Waals surface area contributed by atoms with Crippen molar-refractivity contribution >= 4 is 52.3 Å². The first-order chi connectivity index (χ1) is 37.6. The number of fused-ring (bicyclic) bond motifs is 2. The summed E-state index contributed by atoms with van der Waals surface area (Å²) >= 11 is 0. The molecule has 5 N–H and O–H groups in total. The number of rotatable bonds is 5. The number of nitrogens with one attached hydrogen (secondary N) is 1. The molecule has 13 aliphatic rings. The number of sulfonamides is 2. The van der Waals surface area contributed by atoms with Crippen LogP contribution >= 0.6 is 0 Å². The van der Waals surface area contributed by atoms with Crippen LogP contribution < -0.4 is 4.72 Å². The maximum Gasteiger partial charge on any atom is 0.337 e. The van der Waals surface area contributed by atoms with Crippen molar-refractivity contribution in [2.45, 2.75) is 207 Å². The van der Waals surface area contributed by atoms with Gasteiger partial charge in [-0.2, -0.15) is 4.31 Å². The van der Waals surface area contributed by atoms with Crippen molar-refractivity contribution in [3.05, 3.63) is 94.6 Å². The number of hydrogen-bond acceptors (Lipinski definition) is 16. The van der Waals surface area contributed by atoms with Crippen molar-refractivity contribution in [2.75, 3.05) is 0 Å². The summed E-state index contributed by atoms with van der Waals surface area (Å²) in [5.41, 5.74) is -1.98. The number of aryl methyl sites for hydroxylation is 2. The molecule has 0 amide bonds. The van der Waals surface area contributed by atoms with E-state index in [1.165, 1.54) is 9.88 Å². The summed E-state index contributed by atoms with van der Waals surface area (Å²) in [5, 5.41) is 43.2. The summed E-state index contributed by atoms with van der Waals surface area (Å²) in [6, 6.07) is 12.8. The molecule has 444 valence electrons. The second-order valence-corrected chi connectivity index (χ2v) is 28.8. The average molecular weight is 1400 g/mol. The Bertz CT molecular complexity index is 3260. The Kier molecular flexibility index (Phi) is 16.6. The largest absolute Gasteiger partial charge is 0.459 e. The molecular weight excluding hydrogens is 1320 g/mol. The molecule has 19 atom stereocenters. The van der Waals surface area contributed by atoms with Crippen LogP contribution in [0.1, 0.15) is 131 Å². The van der Waals surface area contributed by atoms with E-state index >= 15 is 0 Å². The minimum atomic E-state index is -3.75. The molecule has 5 aliphatic heterocycles. The second kappa shape index (κ2) is 21.6. The van der Waals surface area contributed by atoms with Crippen LogP contribution in [0.15, 0.2) is 93.3 Å². The third-order valence-corrected chi connectivity index (χ3v) is 24.0. The first-order valence-corrected chi connectivity index (χ1v) is 30.6. The number of esters is 4. The van der Waals surface area contributed by atoms with Gasteiger partial charge in [0.2, 0.25) is 20.0 Å². The summed E-state index contributed by atoms with van der Waals surface area (Å²) in [7, 11) is -3.71. The van der Waals surface area contributed by atoms with Crippen LogP contribution in [-0.4, -0.2) is 139 Å². The summed E-state index contributed by atoms with van der Waals surface area (Å²) in [4.78, 5) is 48.0. The summed E-state index contributed by atoms with van der Waals surface area (Å²) < 4.78 is 82.4. The standard InChI is InChI=1S/2C18H21NO5S.2C11H14O3.2CH4.BH.U/c1-10-3-6-12(7-4-10)25(22,23)19-15-14-16(20)24-13-8-5-11(18(13,14)21)9-17(15,19)2;1-11-3-6-13(7-4-11)25(22,23)19-17(2)9-12-5-8-15-18(12,21)14(10-17)16(20)24-15;2*1-6-4-7-2-3-9-11(7,13)8(5-6)10(12)14-9;;;;/h3-4,6-7,11,13-15,21H,5,8-9H2,1-2H3;3-4,6-7,10,12,15,19,21H,5,8-9H2,1-2H3;5,7-9,13H,2-4H2,1H3;5-7,9,13H,2-4H2,1H3;2*1H4;1H;/t11-,13-,14-,15+,17-,18-,19?;12?,15-,17-,18+;7?,8?,9-,11+;6-,7?,9+,11-;;;;/m1110..../s1/i;;;;;;1D;. The van der Waals surface area contributed by atoms with Gasteiger partial charge >= 0.3 is 23.9 Å². The van der Waals surface area contributed by atoms with E-state index in [1.807, 2.05) is 39.8 Å². The van der Waals surface area contributed by atoms with E-state index in [0.29, 0.717) is 43.6 Å². The second-order valence-electron chi connectivity index (χ2n) is 25.3. The molecular formula is C60H79BN2O16S2U. The molecule has 0 aromatic heterocycles. The zero-order valence-electron chi connectivity index (χ0n) is 46.8. The fourth-order valence-corrected chi connectivity index (χ4v) is 20.0. The Morgan fingerprint density at radius 1 is 0.622 bits per heavy atom. The van der Waals surface area contributed by atoms with E-state index in [9.17, 15) is 56.4 Å². The fourth-order valence-electron chi connectivity index (χ4n) is 16.6. The average Bonchev–Trinajstić information content (AvgIpc) is 2.35. The van der Waals surface area contributed by atoms with Gasteiger partial charge in [-0.25, -0.2) is 31.1 Å². The molecule has 5 heterocycles. The maximum atomic E-state index is 13.2. The van der Waals surface area contributed by atoms with Crippen LogP contribution in [-0.2, 0) is 58.2 Å². The molecule has 15 rings (SSSR count). The number of ether oxygens (including phenoxy) is 4. The molecule has 2 aromatic carbocycles. The third kappa shape index (κ3) is 9.51. The minimum Gasteiger partial charge on any atom is -0.459 e. The number of aliphatic hydroxyl groups is 4. The van der Waals surface area contributed by atoms with Crippen molar-refractivity contribution < 1.29 is 107 Å². The number of allylic oxidation sites excluding steroid dienone is 2. The maximum absolute atomic E-state index is 13.2. The molecule has 5 saturated heterocycles. The van der Waals surface area contributed by atoms with E-state index in [1.54, 1.807) is 61.5 Å². The topological polar surface area (TPSA) is 269 Å². The molecule has 10 fully saturated rings. The predicted octanol–water partition coefficient (Wildman–Crippen LogP) is 5.30. The van der Waals surface area contributed by atoms with Gasteiger partial charge in [0, 0.05) is 45.0 Å². The van der Waals surface area contributed by atoms with Crippen molar-refractivity contribution in [3.63, 3.8) is 0 Å². The van der Waals surface area contributed by atoms with E-state index in [2.05, 4.69) is 20.0 Å². The quantitative estimate of drug-likeness (QED) is 0.0835. The Balaban J connectivity index is 0.000000146.